The molecule has 0 aliphatic carbocycles. The summed E-state index contributed by atoms with van der Waals surface area (Å²) in [4.78, 5) is 32.1. The zero-order chi connectivity index (χ0) is 20.1. The van der Waals surface area contributed by atoms with Gasteiger partial charge in [-0.15, -0.1) is 0 Å². The minimum Gasteiger partial charge on any atom is -0.463 e. The van der Waals surface area contributed by atoms with E-state index in [0.717, 1.165) is 37.4 Å². The largest absolute Gasteiger partial charge is 0.463 e. The van der Waals surface area contributed by atoms with Crippen molar-refractivity contribution in [2.24, 2.45) is 0 Å². The number of nitrogens with zero attached hydrogens (tertiary/aromatic N) is 3. The number of amides is 2. The second-order valence-electron chi connectivity index (χ2n) is 7.20. The molecule has 1 N–H and O–H groups in total. The fourth-order valence-corrected chi connectivity index (χ4v) is 3.77. The molecule has 1 atom stereocenters. The van der Waals surface area contributed by atoms with Crippen molar-refractivity contribution in [2.45, 2.75) is 19.9 Å². The van der Waals surface area contributed by atoms with E-state index in [1.54, 1.807) is 11.8 Å². The summed E-state index contributed by atoms with van der Waals surface area (Å²) < 4.78 is 5.40. The van der Waals surface area contributed by atoms with Crippen molar-refractivity contribution in [1.29, 1.82) is 0 Å². The van der Waals surface area contributed by atoms with Crippen LogP contribution in [0.2, 0.25) is 0 Å². The van der Waals surface area contributed by atoms with Gasteiger partial charge in [0.1, 0.15) is 0 Å². The third kappa shape index (κ3) is 4.36. The maximum atomic E-state index is 13.0. The molecule has 0 unspecified atom stereocenters. The topological polar surface area (TPSA) is 65.1 Å². The second kappa shape index (κ2) is 9.21. The van der Waals surface area contributed by atoms with Gasteiger partial charge in [-0.1, -0.05) is 30.3 Å². The van der Waals surface area contributed by atoms with Crippen LogP contribution in [-0.4, -0.2) is 79.6 Å². The van der Waals surface area contributed by atoms with Gasteiger partial charge in [0.15, 0.2) is 0 Å². The van der Waals surface area contributed by atoms with Gasteiger partial charge in [0.25, 0.3) is 0 Å². The van der Waals surface area contributed by atoms with Crippen molar-refractivity contribution in [1.82, 2.24) is 20.0 Å². The Kier molecular flexibility index (Phi) is 6.70. The monoisotopic (exact) mass is 386 g/mol. The van der Waals surface area contributed by atoms with Gasteiger partial charge in [0, 0.05) is 45.0 Å². The molecule has 1 saturated heterocycles. The highest BCUT2D eigenvalue weighted by Crippen LogP contribution is 2.32. The standard InChI is InChI=1S/C21H30N4O3/c1-4-25-17(15-24-13-11-23(3)12-14-24)18(20(26)28-5-2)19(22-21(25)27)16-9-7-6-8-10-16/h6-10,19H,4-5,11-15H2,1-3H3,(H,22,27)/t19-/m1/s1. The van der Waals surface area contributed by atoms with Gasteiger partial charge in [0.2, 0.25) is 0 Å². The van der Waals surface area contributed by atoms with Crippen LogP contribution in [-0.2, 0) is 9.53 Å². The summed E-state index contributed by atoms with van der Waals surface area (Å²) in [6.07, 6.45) is 0. The molecule has 0 bridgehead atoms. The van der Waals surface area contributed by atoms with Crippen molar-refractivity contribution in [2.75, 3.05) is 52.9 Å². The number of nitrogens with one attached hydrogen (secondary N) is 1. The average molecular weight is 386 g/mol. The molecular weight excluding hydrogens is 356 g/mol. The van der Waals surface area contributed by atoms with E-state index < -0.39 is 6.04 Å². The van der Waals surface area contributed by atoms with E-state index in [2.05, 4.69) is 22.2 Å². The molecule has 1 aromatic rings. The lowest BCUT2D eigenvalue weighted by Crippen LogP contribution is -2.52. The van der Waals surface area contributed by atoms with Crippen molar-refractivity contribution in [3.63, 3.8) is 0 Å². The summed E-state index contributed by atoms with van der Waals surface area (Å²) in [7, 11) is 2.11. The number of hydrogen-bond acceptors (Lipinski definition) is 5. The molecule has 0 radical (unpaired) electrons. The first-order valence-corrected chi connectivity index (χ1v) is 9.99. The van der Waals surface area contributed by atoms with Crippen molar-refractivity contribution in [3.8, 4) is 0 Å². The number of benzene rings is 1. The number of likely N-dealkylation sites (N-methyl/N-ethyl adjacent to an activating group) is 2. The average Bonchev–Trinajstić information content (AvgIpc) is 2.70. The van der Waals surface area contributed by atoms with Crippen molar-refractivity contribution >= 4 is 12.0 Å². The molecular formula is C21H30N4O3. The molecule has 7 heteroatoms. The molecule has 0 aromatic heterocycles. The van der Waals surface area contributed by atoms with E-state index in [4.69, 9.17) is 4.74 Å². The number of carbonyl (C=O) groups excluding carboxylic acids is 2. The van der Waals surface area contributed by atoms with Crippen LogP contribution in [0.5, 0.6) is 0 Å². The van der Waals surface area contributed by atoms with Crippen LogP contribution >= 0.6 is 0 Å². The Labute approximate surface area is 166 Å². The van der Waals surface area contributed by atoms with Crippen LogP contribution in [0.3, 0.4) is 0 Å². The molecule has 2 aliphatic rings. The van der Waals surface area contributed by atoms with Crippen LogP contribution in [0.15, 0.2) is 41.6 Å². The minimum absolute atomic E-state index is 0.173. The molecule has 2 aliphatic heterocycles. The first-order valence-electron chi connectivity index (χ1n) is 9.99. The highest BCUT2D eigenvalue weighted by molar-refractivity contribution is 5.95. The highest BCUT2D eigenvalue weighted by atomic mass is 16.5. The van der Waals surface area contributed by atoms with Crippen LogP contribution < -0.4 is 5.32 Å². The van der Waals surface area contributed by atoms with Crippen LogP contribution in [0.1, 0.15) is 25.5 Å². The summed E-state index contributed by atoms with van der Waals surface area (Å²) in [5.41, 5.74) is 2.17. The molecule has 152 valence electrons. The third-order valence-electron chi connectivity index (χ3n) is 5.35. The molecule has 7 nitrogen and oxygen atoms in total. The number of rotatable bonds is 6. The first kappa shape index (κ1) is 20.4. The fourth-order valence-electron chi connectivity index (χ4n) is 3.77. The Morgan fingerprint density at radius 1 is 1.14 bits per heavy atom. The summed E-state index contributed by atoms with van der Waals surface area (Å²) in [5, 5.41) is 3.00. The summed E-state index contributed by atoms with van der Waals surface area (Å²) >= 11 is 0. The quantitative estimate of drug-likeness (QED) is 0.756. The number of carbonyl (C=O) groups is 2. The second-order valence-corrected chi connectivity index (χ2v) is 7.20. The SMILES string of the molecule is CCOC(=O)C1=C(CN2CCN(C)CC2)N(CC)C(=O)N[C@@H]1c1ccccc1. The Morgan fingerprint density at radius 3 is 2.43 bits per heavy atom. The van der Waals surface area contributed by atoms with Crippen LogP contribution in [0.25, 0.3) is 0 Å². The lowest BCUT2D eigenvalue weighted by atomic mass is 9.94. The van der Waals surface area contributed by atoms with Crippen LogP contribution in [0.4, 0.5) is 4.79 Å². The molecule has 0 spiro atoms. The number of esters is 1. The Hall–Kier alpha value is -2.38. The van der Waals surface area contributed by atoms with Gasteiger partial charge < -0.3 is 15.0 Å². The predicted octanol–water partition coefficient (Wildman–Crippen LogP) is 1.84. The molecule has 1 aromatic carbocycles. The Morgan fingerprint density at radius 2 is 1.82 bits per heavy atom. The van der Waals surface area contributed by atoms with Gasteiger partial charge in [-0.25, -0.2) is 9.59 Å². The maximum Gasteiger partial charge on any atom is 0.338 e. The number of hydrogen-bond donors (Lipinski definition) is 1. The summed E-state index contributed by atoms with van der Waals surface area (Å²) in [6, 6.07) is 8.93. The molecule has 2 heterocycles. The lowest BCUT2D eigenvalue weighted by Gasteiger charge is -2.40. The molecule has 3 rings (SSSR count). The number of urea groups is 1. The molecule has 0 saturated carbocycles. The summed E-state index contributed by atoms with van der Waals surface area (Å²) in [5.74, 6) is -0.362. The van der Waals surface area contributed by atoms with E-state index in [0.29, 0.717) is 25.3 Å². The summed E-state index contributed by atoms with van der Waals surface area (Å²) in [6.45, 7) is 8.85. The third-order valence-corrected chi connectivity index (χ3v) is 5.35. The molecule has 28 heavy (non-hydrogen) atoms. The van der Waals surface area contributed by atoms with E-state index >= 15 is 0 Å². The highest BCUT2D eigenvalue weighted by Gasteiger charge is 2.38. The zero-order valence-corrected chi connectivity index (χ0v) is 17.0. The van der Waals surface area contributed by atoms with Crippen molar-refractivity contribution < 1.29 is 14.3 Å². The van der Waals surface area contributed by atoms with Crippen molar-refractivity contribution in [3.05, 3.63) is 47.2 Å². The predicted molar refractivity (Wildman–Crippen MR) is 108 cm³/mol. The zero-order valence-electron chi connectivity index (χ0n) is 17.0. The lowest BCUT2D eigenvalue weighted by molar-refractivity contribution is -0.139. The van der Waals surface area contributed by atoms with E-state index in [9.17, 15) is 9.59 Å². The minimum atomic E-state index is -0.502. The van der Waals surface area contributed by atoms with E-state index in [1.807, 2.05) is 37.3 Å². The van der Waals surface area contributed by atoms with Gasteiger partial charge in [-0.05, 0) is 26.5 Å². The van der Waals surface area contributed by atoms with E-state index in [-0.39, 0.29) is 12.0 Å². The van der Waals surface area contributed by atoms with Gasteiger partial charge in [-0.2, -0.15) is 0 Å². The van der Waals surface area contributed by atoms with Crippen LogP contribution in [0, 0.1) is 0 Å². The fraction of sp³-hybridized carbons (Fsp3) is 0.524. The van der Waals surface area contributed by atoms with Gasteiger partial charge >= 0.3 is 12.0 Å². The Balaban J connectivity index is 2.03. The molecule has 1 fully saturated rings. The number of ether oxygens (including phenoxy) is 1. The smallest absolute Gasteiger partial charge is 0.338 e. The molecule has 2 amide bonds. The Bertz CT molecular complexity index is 726. The maximum absolute atomic E-state index is 13.0. The van der Waals surface area contributed by atoms with E-state index in [1.165, 1.54) is 0 Å². The van der Waals surface area contributed by atoms with Gasteiger partial charge in [-0.3, -0.25) is 9.80 Å². The van der Waals surface area contributed by atoms with Gasteiger partial charge in [0.05, 0.1) is 18.2 Å². The number of piperazine rings is 1. The normalized spacial score (nSPS) is 21.6. The first-order chi connectivity index (χ1) is 13.5.